The molecule has 2 amide bonds. The van der Waals surface area contributed by atoms with E-state index < -0.39 is 36.4 Å². The number of morpholine rings is 1. The van der Waals surface area contributed by atoms with Crippen LogP contribution in [0.3, 0.4) is 0 Å². The molecule has 0 spiro atoms. The van der Waals surface area contributed by atoms with Crippen LogP contribution in [0.1, 0.15) is 34.6 Å². The number of carbonyl (C=O) groups excluding carboxylic acids is 3. The minimum Gasteiger partial charge on any atom is -0.453 e. The zero-order chi connectivity index (χ0) is 33.0. The highest BCUT2D eigenvalue weighted by Gasteiger charge is 2.33. The van der Waals surface area contributed by atoms with Crippen molar-refractivity contribution in [1.29, 1.82) is 0 Å². The SMILES string of the molecule is COC(=O)N[C@H](C(=O)Cc1ccccc1CC[C@@H]1CN[C@H](COC(=O)N[C@H]2COC[C@@H]2F)CO1)C(c1ccccc1)c1ccccc1. The number of halogens is 1. The highest BCUT2D eigenvalue weighted by atomic mass is 19.1. The first kappa shape index (κ1) is 34.0. The molecular weight excluding hydrogens is 605 g/mol. The molecule has 2 saturated heterocycles. The molecule has 0 radical (unpaired) electrons. The van der Waals surface area contributed by atoms with E-state index in [9.17, 15) is 18.8 Å². The van der Waals surface area contributed by atoms with Gasteiger partial charge >= 0.3 is 12.2 Å². The number of ether oxygens (including phenoxy) is 4. The van der Waals surface area contributed by atoms with Crippen LogP contribution in [0, 0.1) is 0 Å². The number of nitrogens with one attached hydrogen (secondary N) is 3. The maximum absolute atomic E-state index is 14.1. The van der Waals surface area contributed by atoms with Crippen LogP contribution in [0.5, 0.6) is 0 Å². The van der Waals surface area contributed by atoms with Gasteiger partial charge in [-0.15, -0.1) is 0 Å². The molecule has 2 aliphatic heterocycles. The summed E-state index contributed by atoms with van der Waals surface area (Å²) in [5, 5.41) is 8.68. The van der Waals surface area contributed by atoms with Crippen LogP contribution in [0.15, 0.2) is 84.9 Å². The van der Waals surface area contributed by atoms with Gasteiger partial charge in [0.15, 0.2) is 5.78 Å². The van der Waals surface area contributed by atoms with Crippen molar-refractivity contribution in [3.8, 4) is 0 Å². The number of Topliss-reactive ketones (excluding diaryl/α,β-unsaturated/α-hetero) is 1. The molecule has 2 fully saturated rings. The quantitative estimate of drug-likeness (QED) is 0.253. The fourth-order valence-electron chi connectivity index (χ4n) is 6.01. The molecule has 11 heteroatoms. The van der Waals surface area contributed by atoms with E-state index in [4.69, 9.17) is 18.9 Å². The molecule has 3 aromatic rings. The first-order valence-corrected chi connectivity index (χ1v) is 15.9. The Morgan fingerprint density at radius 3 is 2.15 bits per heavy atom. The Kier molecular flexibility index (Phi) is 12.3. The van der Waals surface area contributed by atoms with Crippen molar-refractivity contribution in [2.45, 2.75) is 55.6 Å². The van der Waals surface area contributed by atoms with Gasteiger partial charge in [-0.2, -0.15) is 0 Å². The van der Waals surface area contributed by atoms with Gasteiger partial charge in [0.25, 0.3) is 0 Å². The van der Waals surface area contributed by atoms with Crippen molar-refractivity contribution in [3.63, 3.8) is 0 Å². The number of methoxy groups -OCH3 is 1. The van der Waals surface area contributed by atoms with Gasteiger partial charge in [-0.05, 0) is 35.1 Å². The van der Waals surface area contributed by atoms with Crippen LogP contribution >= 0.6 is 0 Å². The third-order valence-corrected chi connectivity index (χ3v) is 8.57. The molecule has 5 rings (SSSR count). The van der Waals surface area contributed by atoms with Gasteiger partial charge in [-0.3, -0.25) is 4.79 Å². The summed E-state index contributed by atoms with van der Waals surface area (Å²) in [5.41, 5.74) is 3.73. The molecule has 0 bridgehead atoms. The smallest absolute Gasteiger partial charge is 0.407 e. The predicted octanol–water partition coefficient (Wildman–Crippen LogP) is 4.11. The van der Waals surface area contributed by atoms with Crippen LogP contribution in [0.2, 0.25) is 0 Å². The summed E-state index contributed by atoms with van der Waals surface area (Å²) in [5.74, 6) is -0.552. The summed E-state index contributed by atoms with van der Waals surface area (Å²) >= 11 is 0. The van der Waals surface area contributed by atoms with E-state index in [0.29, 0.717) is 26.0 Å². The summed E-state index contributed by atoms with van der Waals surface area (Å²) in [7, 11) is 1.29. The Morgan fingerprint density at radius 1 is 0.894 bits per heavy atom. The lowest BCUT2D eigenvalue weighted by Gasteiger charge is -2.30. The Hall–Kier alpha value is -4.32. The van der Waals surface area contributed by atoms with Crippen molar-refractivity contribution in [3.05, 3.63) is 107 Å². The number of amides is 2. The van der Waals surface area contributed by atoms with E-state index in [0.717, 1.165) is 22.3 Å². The van der Waals surface area contributed by atoms with Crippen LogP contribution in [-0.2, 0) is 36.6 Å². The second-order valence-corrected chi connectivity index (χ2v) is 11.8. The number of ketones is 1. The van der Waals surface area contributed by atoms with E-state index in [1.165, 1.54) is 7.11 Å². The molecule has 3 N–H and O–H groups in total. The standard InChI is InChI=1S/C36H42FN3O7/c1-44-35(42)40-34(33(25-11-4-2-5-12-25)26-13-6-3-7-14-26)32(41)18-27-15-9-8-10-24(27)16-17-29-19-38-28(20-46-29)21-47-36(43)39-31-23-45-22-30(31)37/h2-15,28-31,33-34,38H,16-23H2,1H3,(H,39,43)(H,40,42)/t28-,29+,30-,31-,34+/m0/s1. The largest absolute Gasteiger partial charge is 0.453 e. The highest BCUT2D eigenvalue weighted by Crippen LogP contribution is 2.30. The predicted molar refractivity (Wildman–Crippen MR) is 173 cm³/mol. The average Bonchev–Trinajstić information content (AvgIpc) is 3.51. The number of benzene rings is 3. The van der Waals surface area contributed by atoms with Crippen LogP contribution < -0.4 is 16.0 Å². The second kappa shape index (κ2) is 17.0. The van der Waals surface area contributed by atoms with E-state index in [1.807, 2.05) is 84.9 Å². The Bertz CT molecular complexity index is 1410. The molecule has 250 valence electrons. The van der Waals surface area contributed by atoms with Crippen molar-refractivity contribution in [1.82, 2.24) is 16.0 Å². The third kappa shape index (κ3) is 9.60. The maximum Gasteiger partial charge on any atom is 0.407 e. The zero-order valence-electron chi connectivity index (χ0n) is 26.4. The van der Waals surface area contributed by atoms with Crippen molar-refractivity contribution in [2.24, 2.45) is 0 Å². The highest BCUT2D eigenvalue weighted by molar-refractivity contribution is 5.91. The number of carbonyl (C=O) groups is 3. The van der Waals surface area contributed by atoms with E-state index >= 15 is 0 Å². The van der Waals surface area contributed by atoms with Gasteiger partial charge in [-0.1, -0.05) is 84.9 Å². The molecule has 0 saturated carbocycles. The summed E-state index contributed by atoms with van der Waals surface area (Å²) in [6, 6.07) is 25.4. The van der Waals surface area contributed by atoms with Crippen LogP contribution in [0.4, 0.5) is 14.0 Å². The molecule has 0 unspecified atom stereocenters. The number of alkyl carbamates (subject to hydrolysis) is 2. The maximum atomic E-state index is 14.1. The van der Waals surface area contributed by atoms with E-state index in [2.05, 4.69) is 16.0 Å². The van der Waals surface area contributed by atoms with Crippen molar-refractivity contribution >= 4 is 18.0 Å². The molecule has 2 heterocycles. The monoisotopic (exact) mass is 647 g/mol. The average molecular weight is 648 g/mol. The fraction of sp³-hybridized carbons (Fsp3) is 0.417. The van der Waals surface area contributed by atoms with E-state index in [-0.39, 0.29) is 44.2 Å². The molecule has 47 heavy (non-hydrogen) atoms. The van der Waals surface area contributed by atoms with Gasteiger partial charge < -0.3 is 34.9 Å². The molecule has 0 aliphatic carbocycles. The summed E-state index contributed by atoms with van der Waals surface area (Å²) in [6.45, 7) is 1.13. The van der Waals surface area contributed by atoms with Gasteiger partial charge in [0, 0.05) is 18.9 Å². The number of hydrogen-bond donors (Lipinski definition) is 3. The van der Waals surface area contributed by atoms with Gasteiger partial charge in [0.05, 0.1) is 45.1 Å². The summed E-state index contributed by atoms with van der Waals surface area (Å²) in [6.07, 6.45) is -1.13. The Morgan fingerprint density at radius 2 is 1.55 bits per heavy atom. The van der Waals surface area contributed by atoms with Crippen LogP contribution in [0.25, 0.3) is 0 Å². The normalized spacial score (nSPS) is 21.5. The number of rotatable bonds is 13. The number of alkyl halides is 1. The minimum absolute atomic E-state index is 0.0265. The topological polar surface area (TPSA) is 124 Å². The third-order valence-electron chi connectivity index (χ3n) is 8.57. The fourth-order valence-corrected chi connectivity index (χ4v) is 6.01. The van der Waals surface area contributed by atoms with E-state index in [1.54, 1.807) is 0 Å². The Labute approximate surface area is 274 Å². The molecule has 0 aromatic heterocycles. The van der Waals surface area contributed by atoms with Gasteiger partial charge in [-0.25, -0.2) is 14.0 Å². The lowest BCUT2D eigenvalue weighted by atomic mass is 9.81. The molecular formula is C36H42FN3O7. The number of hydrogen-bond acceptors (Lipinski definition) is 8. The van der Waals surface area contributed by atoms with Gasteiger partial charge in [0.1, 0.15) is 18.8 Å². The minimum atomic E-state index is -1.24. The Balaban J connectivity index is 1.18. The molecule has 5 atom stereocenters. The van der Waals surface area contributed by atoms with Gasteiger partial charge in [0.2, 0.25) is 0 Å². The first-order chi connectivity index (χ1) is 22.9. The molecule has 3 aromatic carbocycles. The first-order valence-electron chi connectivity index (χ1n) is 15.9. The summed E-state index contributed by atoms with van der Waals surface area (Å²) in [4.78, 5) is 38.7. The van der Waals surface area contributed by atoms with Crippen LogP contribution in [-0.4, -0.2) is 88.5 Å². The molecule has 2 aliphatic rings. The second-order valence-electron chi connectivity index (χ2n) is 11.8. The zero-order valence-corrected chi connectivity index (χ0v) is 26.4. The molecule has 10 nitrogen and oxygen atoms in total. The lowest BCUT2D eigenvalue weighted by Crippen LogP contribution is -2.50. The lowest BCUT2D eigenvalue weighted by molar-refractivity contribution is -0.120. The van der Waals surface area contributed by atoms with Crippen molar-refractivity contribution in [2.75, 3.05) is 40.1 Å². The van der Waals surface area contributed by atoms with Crippen molar-refractivity contribution < 1.29 is 37.7 Å². The summed E-state index contributed by atoms with van der Waals surface area (Å²) < 4.78 is 34.9. The number of aryl methyl sites for hydroxylation is 1.